The Labute approximate surface area is 233 Å². The number of esters is 2. The summed E-state index contributed by atoms with van der Waals surface area (Å²) in [6, 6.07) is 14.5. The highest BCUT2D eigenvalue weighted by Gasteiger charge is 2.42. The maximum absolute atomic E-state index is 13.6. The van der Waals surface area contributed by atoms with Crippen LogP contribution >= 0.6 is 11.6 Å². The number of nitro benzene ring substituents is 1. The Balaban J connectivity index is 1.91. The van der Waals surface area contributed by atoms with Gasteiger partial charge in [-0.15, -0.1) is 0 Å². The Bertz CT molecular complexity index is 1320. The lowest BCUT2D eigenvalue weighted by molar-refractivity contribution is -0.385. The van der Waals surface area contributed by atoms with Crippen molar-refractivity contribution >= 4 is 29.2 Å². The third kappa shape index (κ3) is 7.04. The Morgan fingerprint density at radius 3 is 2.26 bits per heavy atom. The van der Waals surface area contributed by atoms with E-state index in [0.29, 0.717) is 17.9 Å². The molecule has 9 nitrogen and oxygen atoms in total. The maximum Gasteiger partial charge on any atom is 0.336 e. The molecular weight excluding hydrogens is 522 g/mol. The normalized spacial score (nSPS) is 15.7. The quantitative estimate of drug-likeness (QED) is 0.237. The number of nitrogens with one attached hydrogen (secondary N) is 1. The number of nitrogens with zero attached hydrogens (tertiary/aromatic N) is 2. The molecule has 1 aliphatic heterocycles. The summed E-state index contributed by atoms with van der Waals surface area (Å²) in [4.78, 5) is 40.1. The first-order chi connectivity index (χ1) is 18.4. The Morgan fingerprint density at radius 2 is 1.67 bits per heavy atom. The van der Waals surface area contributed by atoms with E-state index in [-0.39, 0.29) is 34.0 Å². The number of para-hydroxylation sites is 1. The standard InChI is InChI=1S/C29H34ClN3O6/c1-18-23(27(34)38-6)25(21-13-10-14-22(30)26(21)33(36)37)24(19(2)31-18)28(35)39-17-29(3,4)16-32(5)15-20-11-8-7-9-12-20/h7-14,25,31H,15-17H2,1-6H3. The van der Waals surface area contributed by atoms with Crippen LogP contribution in [0.5, 0.6) is 0 Å². The fraction of sp³-hybridized carbons (Fsp3) is 0.379. The highest BCUT2D eigenvalue weighted by Crippen LogP contribution is 2.44. The highest BCUT2D eigenvalue weighted by molar-refractivity contribution is 6.32. The van der Waals surface area contributed by atoms with Crippen LogP contribution in [0.4, 0.5) is 5.69 Å². The number of carbonyl (C=O) groups excluding carboxylic acids is 2. The van der Waals surface area contributed by atoms with Gasteiger partial charge in [0.2, 0.25) is 0 Å². The molecule has 1 N–H and O–H groups in total. The average Bonchev–Trinajstić information content (AvgIpc) is 2.86. The molecule has 0 saturated carbocycles. The molecule has 3 rings (SSSR count). The number of halogens is 1. The Kier molecular flexibility index (Phi) is 9.53. The summed E-state index contributed by atoms with van der Waals surface area (Å²) in [5, 5.41) is 14.9. The molecule has 0 aromatic heterocycles. The lowest BCUT2D eigenvalue weighted by Gasteiger charge is -2.32. The van der Waals surface area contributed by atoms with E-state index in [1.807, 2.05) is 39.1 Å². The molecular formula is C29H34ClN3O6. The van der Waals surface area contributed by atoms with Crippen LogP contribution < -0.4 is 5.32 Å². The second kappa shape index (κ2) is 12.4. The third-order valence-electron chi connectivity index (χ3n) is 6.48. The molecule has 2 aromatic rings. The lowest BCUT2D eigenvalue weighted by atomic mass is 9.79. The SMILES string of the molecule is COC(=O)C1=C(C)NC(C)=C(C(=O)OCC(C)(C)CN(C)Cc2ccccc2)C1c1cccc(Cl)c1[N+](=O)[O-]. The number of dihydropyridines is 1. The van der Waals surface area contributed by atoms with Crippen LogP contribution in [0.25, 0.3) is 0 Å². The largest absolute Gasteiger partial charge is 0.466 e. The van der Waals surface area contributed by atoms with Crippen LogP contribution in [0.2, 0.25) is 5.02 Å². The van der Waals surface area contributed by atoms with Gasteiger partial charge in [-0.1, -0.05) is 67.9 Å². The van der Waals surface area contributed by atoms with Gasteiger partial charge in [0.15, 0.2) is 0 Å². The van der Waals surface area contributed by atoms with E-state index in [1.165, 1.54) is 24.8 Å². The number of nitro groups is 1. The molecule has 2 aromatic carbocycles. The molecule has 1 atom stereocenters. The van der Waals surface area contributed by atoms with Gasteiger partial charge in [-0.3, -0.25) is 10.1 Å². The van der Waals surface area contributed by atoms with Gasteiger partial charge in [0.25, 0.3) is 5.69 Å². The number of hydrogen-bond acceptors (Lipinski definition) is 8. The molecule has 10 heteroatoms. The molecule has 39 heavy (non-hydrogen) atoms. The number of benzene rings is 2. The van der Waals surface area contributed by atoms with Crippen LogP contribution in [-0.4, -0.2) is 49.1 Å². The van der Waals surface area contributed by atoms with Crippen LogP contribution in [0.3, 0.4) is 0 Å². The molecule has 208 valence electrons. The fourth-order valence-electron chi connectivity index (χ4n) is 4.98. The van der Waals surface area contributed by atoms with Gasteiger partial charge in [0.1, 0.15) is 5.02 Å². The Hall–Kier alpha value is -3.69. The smallest absolute Gasteiger partial charge is 0.336 e. The number of allylic oxidation sites excluding steroid dienone is 2. The summed E-state index contributed by atoms with van der Waals surface area (Å²) in [6.07, 6.45) is 0. The number of hydrogen-bond donors (Lipinski definition) is 1. The van der Waals surface area contributed by atoms with Crippen LogP contribution in [0.1, 0.15) is 44.7 Å². The zero-order valence-electron chi connectivity index (χ0n) is 23.0. The predicted molar refractivity (Wildman–Crippen MR) is 149 cm³/mol. The van der Waals surface area contributed by atoms with E-state index in [2.05, 4.69) is 22.3 Å². The van der Waals surface area contributed by atoms with Gasteiger partial charge in [-0.05, 0) is 32.5 Å². The highest BCUT2D eigenvalue weighted by atomic mass is 35.5. The minimum atomic E-state index is -1.12. The maximum atomic E-state index is 13.6. The van der Waals surface area contributed by atoms with Gasteiger partial charge in [0, 0.05) is 35.5 Å². The molecule has 0 aliphatic carbocycles. The van der Waals surface area contributed by atoms with Gasteiger partial charge < -0.3 is 19.7 Å². The van der Waals surface area contributed by atoms with E-state index < -0.39 is 28.2 Å². The second-order valence-electron chi connectivity index (χ2n) is 10.5. The zero-order chi connectivity index (χ0) is 28.9. The van der Waals surface area contributed by atoms with E-state index in [9.17, 15) is 19.7 Å². The lowest BCUT2D eigenvalue weighted by Crippen LogP contribution is -2.37. The van der Waals surface area contributed by atoms with E-state index in [0.717, 1.165) is 6.54 Å². The topological polar surface area (TPSA) is 111 Å². The predicted octanol–water partition coefficient (Wildman–Crippen LogP) is 5.36. The van der Waals surface area contributed by atoms with E-state index in [4.69, 9.17) is 21.1 Å². The van der Waals surface area contributed by atoms with Crippen molar-refractivity contribution in [3.8, 4) is 0 Å². The summed E-state index contributed by atoms with van der Waals surface area (Å²) in [7, 11) is 3.21. The number of methoxy groups -OCH3 is 1. The summed E-state index contributed by atoms with van der Waals surface area (Å²) < 4.78 is 10.8. The van der Waals surface area contributed by atoms with E-state index >= 15 is 0 Å². The second-order valence-corrected chi connectivity index (χ2v) is 10.9. The van der Waals surface area contributed by atoms with Crippen molar-refractivity contribution in [3.63, 3.8) is 0 Å². The van der Waals surface area contributed by atoms with Crippen LogP contribution in [0.15, 0.2) is 71.1 Å². The van der Waals surface area contributed by atoms with Gasteiger partial charge in [-0.25, -0.2) is 9.59 Å². The molecule has 0 fully saturated rings. The van der Waals surface area contributed by atoms with Crippen molar-refractivity contribution in [3.05, 3.63) is 97.3 Å². The molecule has 1 unspecified atom stereocenters. The summed E-state index contributed by atoms with van der Waals surface area (Å²) in [5.41, 5.74) is 1.46. The Morgan fingerprint density at radius 1 is 1.05 bits per heavy atom. The average molecular weight is 556 g/mol. The van der Waals surface area contributed by atoms with Crippen LogP contribution in [-0.2, 0) is 25.6 Å². The molecule has 1 heterocycles. The monoisotopic (exact) mass is 555 g/mol. The first-order valence-corrected chi connectivity index (χ1v) is 12.8. The first kappa shape index (κ1) is 29.9. The summed E-state index contributed by atoms with van der Waals surface area (Å²) in [6.45, 7) is 8.75. The number of ether oxygens (including phenoxy) is 2. The van der Waals surface area contributed by atoms with Gasteiger partial charge in [0.05, 0.1) is 35.7 Å². The van der Waals surface area contributed by atoms with Gasteiger partial charge in [-0.2, -0.15) is 0 Å². The molecule has 0 radical (unpaired) electrons. The minimum absolute atomic E-state index is 0.0715. The molecule has 0 amide bonds. The van der Waals surface area contributed by atoms with Crippen LogP contribution in [0, 0.1) is 15.5 Å². The first-order valence-electron chi connectivity index (χ1n) is 12.5. The van der Waals surface area contributed by atoms with Gasteiger partial charge >= 0.3 is 11.9 Å². The summed E-state index contributed by atoms with van der Waals surface area (Å²) >= 11 is 6.21. The number of carbonyl (C=O) groups is 2. The summed E-state index contributed by atoms with van der Waals surface area (Å²) in [5.74, 6) is -2.53. The molecule has 0 saturated heterocycles. The third-order valence-corrected chi connectivity index (χ3v) is 6.79. The van der Waals surface area contributed by atoms with Crippen molar-refractivity contribution in [2.45, 2.75) is 40.2 Å². The fourth-order valence-corrected chi connectivity index (χ4v) is 5.23. The molecule has 0 spiro atoms. The zero-order valence-corrected chi connectivity index (χ0v) is 23.8. The molecule has 0 bridgehead atoms. The number of rotatable bonds is 10. The van der Waals surface area contributed by atoms with Crippen molar-refractivity contribution in [1.82, 2.24) is 10.2 Å². The minimum Gasteiger partial charge on any atom is -0.466 e. The molecule has 1 aliphatic rings. The van der Waals surface area contributed by atoms with E-state index in [1.54, 1.807) is 19.9 Å². The van der Waals surface area contributed by atoms with Crippen molar-refractivity contribution in [2.24, 2.45) is 5.41 Å². The van der Waals surface area contributed by atoms with Crippen molar-refractivity contribution < 1.29 is 24.0 Å². The van der Waals surface area contributed by atoms with Crippen molar-refractivity contribution in [2.75, 3.05) is 27.3 Å². The van der Waals surface area contributed by atoms with Crippen molar-refractivity contribution in [1.29, 1.82) is 0 Å².